The highest BCUT2D eigenvalue weighted by atomic mass is 32.2. The molecule has 2 amide bonds. The lowest BCUT2D eigenvalue weighted by Gasteiger charge is -2.32. The highest BCUT2D eigenvalue weighted by Crippen LogP contribution is 2.47. The molecule has 0 spiro atoms. The average Bonchev–Trinajstić information content (AvgIpc) is 3.04. The normalized spacial score (nSPS) is 31.8. The van der Waals surface area contributed by atoms with E-state index in [1.807, 2.05) is 6.92 Å². The summed E-state index contributed by atoms with van der Waals surface area (Å²) >= 11 is 3.37. The highest BCUT2D eigenvalue weighted by Gasteiger charge is 2.53. The number of carbonyl (C=O) groups excluding carboxylic acids is 2. The summed E-state index contributed by atoms with van der Waals surface area (Å²) in [7, 11) is 0. The second-order valence-electron chi connectivity index (χ2n) is 6.65. The number of nitrogens with zero attached hydrogens (tertiary/aromatic N) is 1. The van der Waals surface area contributed by atoms with Crippen molar-refractivity contribution in [2.45, 2.75) is 48.0 Å². The van der Waals surface area contributed by atoms with E-state index in [0.717, 1.165) is 29.1 Å². The first kappa shape index (κ1) is 16.3. The number of amides is 2. The number of halogens is 1. The summed E-state index contributed by atoms with van der Waals surface area (Å²) in [6, 6.07) is 4.15. The van der Waals surface area contributed by atoms with Gasteiger partial charge in [0.25, 0.3) is 0 Å². The van der Waals surface area contributed by atoms with Gasteiger partial charge in [-0.05, 0) is 43.5 Å². The smallest absolute Gasteiger partial charge is 0.244 e. The molecular formula is C17H19FN2O2S2. The molecule has 4 rings (SSSR count). The lowest BCUT2D eigenvalue weighted by Crippen LogP contribution is -2.50. The number of thioether (sulfide) groups is 2. The fourth-order valence-corrected chi connectivity index (χ4v) is 6.34. The minimum atomic E-state index is -0.415. The van der Waals surface area contributed by atoms with Crippen LogP contribution in [0.1, 0.15) is 37.8 Å². The summed E-state index contributed by atoms with van der Waals surface area (Å²) in [5, 5.41) is 3.07. The molecule has 0 bridgehead atoms. The molecular weight excluding hydrogens is 347 g/mol. The molecule has 3 atom stereocenters. The predicted molar refractivity (Wildman–Crippen MR) is 93.4 cm³/mol. The summed E-state index contributed by atoms with van der Waals surface area (Å²) in [6.45, 7) is 2.04. The van der Waals surface area contributed by atoms with Crippen LogP contribution < -0.4 is 5.32 Å². The Morgan fingerprint density at radius 1 is 1.46 bits per heavy atom. The van der Waals surface area contributed by atoms with Crippen LogP contribution in [0.4, 0.5) is 4.39 Å². The number of rotatable bonds is 2. The van der Waals surface area contributed by atoms with Crippen molar-refractivity contribution in [2.75, 3.05) is 11.5 Å². The van der Waals surface area contributed by atoms with Gasteiger partial charge in [-0.25, -0.2) is 4.39 Å². The second-order valence-corrected chi connectivity index (χ2v) is 9.28. The van der Waals surface area contributed by atoms with Gasteiger partial charge in [0.15, 0.2) is 0 Å². The van der Waals surface area contributed by atoms with Crippen LogP contribution in [0.25, 0.3) is 0 Å². The molecule has 4 nitrogen and oxygen atoms in total. The molecule has 128 valence electrons. The van der Waals surface area contributed by atoms with E-state index in [4.69, 9.17) is 0 Å². The molecule has 3 aliphatic heterocycles. The van der Waals surface area contributed by atoms with E-state index in [0.29, 0.717) is 12.2 Å². The summed E-state index contributed by atoms with van der Waals surface area (Å²) in [5.41, 5.74) is 0.848. The first-order valence-corrected chi connectivity index (χ1v) is 10.1. The SMILES string of the molecule is CC12CCC(=O)N1C(C(=O)NC1CCSc3ccc(F)cc31)CS2. The average molecular weight is 366 g/mol. The zero-order valence-corrected chi connectivity index (χ0v) is 15.0. The lowest BCUT2D eigenvalue weighted by atomic mass is 10.0. The van der Waals surface area contributed by atoms with Crippen LogP contribution >= 0.6 is 23.5 Å². The third-order valence-corrected chi connectivity index (χ3v) is 7.70. The topological polar surface area (TPSA) is 49.4 Å². The predicted octanol–water partition coefficient (Wildman–Crippen LogP) is 2.93. The van der Waals surface area contributed by atoms with Gasteiger partial charge in [0.1, 0.15) is 11.9 Å². The molecule has 2 saturated heterocycles. The van der Waals surface area contributed by atoms with E-state index < -0.39 is 6.04 Å². The van der Waals surface area contributed by atoms with Crippen molar-refractivity contribution in [1.29, 1.82) is 0 Å². The lowest BCUT2D eigenvalue weighted by molar-refractivity contribution is -0.138. The van der Waals surface area contributed by atoms with Crippen LogP contribution in [0.15, 0.2) is 23.1 Å². The zero-order chi connectivity index (χ0) is 16.9. The molecule has 0 aliphatic carbocycles. The third-order valence-electron chi connectivity index (χ3n) is 5.08. The third kappa shape index (κ3) is 2.62. The summed E-state index contributed by atoms with van der Waals surface area (Å²) in [5.74, 6) is 1.19. The summed E-state index contributed by atoms with van der Waals surface area (Å²) < 4.78 is 13.6. The van der Waals surface area contributed by atoms with Crippen LogP contribution in [0.3, 0.4) is 0 Å². The largest absolute Gasteiger partial charge is 0.347 e. The number of carbonyl (C=O) groups is 2. The zero-order valence-electron chi connectivity index (χ0n) is 13.4. The molecule has 2 fully saturated rings. The van der Waals surface area contributed by atoms with Crippen LogP contribution in [0.5, 0.6) is 0 Å². The van der Waals surface area contributed by atoms with Crippen molar-refractivity contribution in [3.05, 3.63) is 29.6 Å². The summed E-state index contributed by atoms with van der Waals surface area (Å²) in [4.78, 5) is 27.6. The van der Waals surface area contributed by atoms with Crippen molar-refractivity contribution in [3.8, 4) is 0 Å². The molecule has 1 aromatic rings. The van der Waals surface area contributed by atoms with Gasteiger partial charge in [-0.2, -0.15) is 0 Å². The number of nitrogens with one attached hydrogen (secondary N) is 1. The molecule has 24 heavy (non-hydrogen) atoms. The Hall–Kier alpha value is -1.21. The van der Waals surface area contributed by atoms with Crippen molar-refractivity contribution >= 4 is 35.3 Å². The van der Waals surface area contributed by atoms with Gasteiger partial charge < -0.3 is 10.2 Å². The van der Waals surface area contributed by atoms with Gasteiger partial charge in [0.2, 0.25) is 11.8 Å². The fraction of sp³-hybridized carbons (Fsp3) is 0.529. The van der Waals surface area contributed by atoms with Crippen molar-refractivity contribution in [2.24, 2.45) is 0 Å². The Morgan fingerprint density at radius 3 is 3.12 bits per heavy atom. The molecule has 3 aliphatic rings. The number of hydrogen-bond donors (Lipinski definition) is 1. The first-order chi connectivity index (χ1) is 11.5. The van der Waals surface area contributed by atoms with Crippen LogP contribution in [0.2, 0.25) is 0 Å². The molecule has 7 heteroatoms. The summed E-state index contributed by atoms with van der Waals surface area (Å²) in [6.07, 6.45) is 2.09. The number of fused-ring (bicyclic) bond motifs is 2. The standard InChI is InChI=1S/C17H19FN2O2S2/c1-17-6-4-15(21)20(17)13(9-24-17)16(22)19-12-5-7-23-14-3-2-10(18)8-11(12)14/h2-3,8,12-13H,4-7,9H2,1H3,(H,19,22). The molecule has 0 radical (unpaired) electrons. The van der Waals surface area contributed by atoms with Crippen LogP contribution in [-0.4, -0.2) is 39.1 Å². The number of benzene rings is 1. The van der Waals surface area contributed by atoms with Crippen LogP contribution in [-0.2, 0) is 9.59 Å². The Balaban J connectivity index is 1.54. The Kier molecular flexibility index (Phi) is 4.03. The second kappa shape index (κ2) is 5.95. The minimum absolute atomic E-state index is 0.0632. The quantitative estimate of drug-likeness (QED) is 0.874. The minimum Gasteiger partial charge on any atom is -0.347 e. The Labute approximate surface area is 148 Å². The van der Waals surface area contributed by atoms with Gasteiger partial charge in [0, 0.05) is 22.8 Å². The van der Waals surface area contributed by atoms with E-state index in [9.17, 15) is 14.0 Å². The monoisotopic (exact) mass is 366 g/mol. The maximum atomic E-state index is 13.6. The van der Waals surface area contributed by atoms with Gasteiger partial charge in [-0.3, -0.25) is 9.59 Å². The molecule has 0 aromatic heterocycles. The van der Waals surface area contributed by atoms with E-state index >= 15 is 0 Å². The van der Waals surface area contributed by atoms with Crippen LogP contribution in [0, 0.1) is 5.82 Å². The van der Waals surface area contributed by atoms with Crippen molar-refractivity contribution < 1.29 is 14.0 Å². The van der Waals surface area contributed by atoms with Gasteiger partial charge in [0.05, 0.1) is 10.9 Å². The van der Waals surface area contributed by atoms with Crippen molar-refractivity contribution in [3.63, 3.8) is 0 Å². The van der Waals surface area contributed by atoms with Gasteiger partial charge in [-0.1, -0.05) is 0 Å². The van der Waals surface area contributed by atoms with E-state index in [1.54, 1.807) is 34.5 Å². The highest BCUT2D eigenvalue weighted by molar-refractivity contribution is 8.01. The molecule has 1 aromatic carbocycles. The molecule has 3 heterocycles. The van der Waals surface area contributed by atoms with E-state index in [2.05, 4.69) is 5.32 Å². The van der Waals surface area contributed by atoms with E-state index in [1.165, 1.54) is 12.1 Å². The fourth-order valence-electron chi connectivity index (χ4n) is 3.80. The molecule has 1 N–H and O–H groups in total. The number of hydrogen-bond acceptors (Lipinski definition) is 4. The molecule has 0 saturated carbocycles. The molecule has 3 unspecified atom stereocenters. The first-order valence-electron chi connectivity index (χ1n) is 8.17. The van der Waals surface area contributed by atoms with Gasteiger partial charge in [-0.15, -0.1) is 23.5 Å². The Morgan fingerprint density at radius 2 is 2.29 bits per heavy atom. The van der Waals surface area contributed by atoms with Gasteiger partial charge >= 0.3 is 0 Å². The van der Waals surface area contributed by atoms with Crippen molar-refractivity contribution in [1.82, 2.24) is 10.2 Å². The maximum absolute atomic E-state index is 13.6. The van der Waals surface area contributed by atoms with E-state index in [-0.39, 0.29) is 28.5 Å². The maximum Gasteiger partial charge on any atom is 0.244 e. The Bertz CT molecular complexity index is 714.